The van der Waals surface area contributed by atoms with Crippen LogP contribution >= 0.6 is 0 Å². The van der Waals surface area contributed by atoms with Gasteiger partial charge >= 0.3 is 0 Å². The van der Waals surface area contributed by atoms with Crippen molar-refractivity contribution >= 4 is 11.8 Å². The minimum absolute atomic E-state index is 0.0402. The molecule has 0 fully saturated rings. The number of benzene rings is 4. The van der Waals surface area contributed by atoms with Gasteiger partial charge in [-0.3, -0.25) is 9.59 Å². The molecule has 4 nitrogen and oxygen atoms in total. The lowest BCUT2D eigenvalue weighted by Crippen LogP contribution is -2.51. The van der Waals surface area contributed by atoms with Crippen LogP contribution in [0, 0.1) is 12.8 Å². The SMILES string of the molecule is Cc1ccccc1CN(C(=O)CC(c1ccccc1)c1ccccc1)C(Cc1ccccc1)C(=O)NCC(C)C. The minimum Gasteiger partial charge on any atom is -0.354 e. The Morgan fingerprint density at radius 2 is 1.25 bits per heavy atom. The van der Waals surface area contributed by atoms with Crippen molar-refractivity contribution in [1.82, 2.24) is 10.2 Å². The van der Waals surface area contributed by atoms with E-state index < -0.39 is 6.04 Å². The third-order valence-electron chi connectivity index (χ3n) is 7.34. The molecule has 206 valence electrons. The van der Waals surface area contributed by atoms with Gasteiger partial charge in [0.2, 0.25) is 11.8 Å². The summed E-state index contributed by atoms with van der Waals surface area (Å²) in [5.41, 5.74) is 5.34. The number of nitrogens with zero attached hydrogens (tertiary/aromatic N) is 1. The first-order chi connectivity index (χ1) is 19.4. The van der Waals surface area contributed by atoms with Crippen LogP contribution < -0.4 is 5.32 Å². The smallest absolute Gasteiger partial charge is 0.243 e. The lowest BCUT2D eigenvalue weighted by Gasteiger charge is -2.33. The normalized spacial score (nSPS) is 11.8. The van der Waals surface area contributed by atoms with Gasteiger partial charge in [0.05, 0.1) is 0 Å². The predicted octanol–water partition coefficient (Wildman–Crippen LogP) is 6.93. The van der Waals surface area contributed by atoms with Crippen LogP contribution in [0.1, 0.15) is 54.0 Å². The Bertz CT molecular complexity index is 1310. The van der Waals surface area contributed by atoms with E-state index in [-0.39, 0.29) is 24.2 Å². The number of carbonyl (C=O) groups excluding carboxylic acids is 2. The summed E-state index contributed by atoms with van der Waals surface area (Å²) in [6.45, 7) is 7.14. The van der Waals surface area contributed by atoms with Crippen molar-refractivity contribution in [2.75, 3.05) is 6.54 Å². The van der Waals surface area contributed by atoms with Crippen LogP contribution in [0.3, 0.4) is 0 Å². The molecule has 0 saturated heterocycles. The Hall–Kier alpha value is -4.18. The van der Waals surface area contributed by atoms with E-state index in [1.807, 2.05) is 89.8 Å². The van der Waals surface area contributed by atoms with Crippen LogP contribution in [-0.4, -0.2) is 29.3 Å². The highest BCUT2D eigenvalue weighted by Crippen LogP contribution is 2.30. The number of rotatable bonds is 12. The summed E-state index contributed by atoms with van der Waals surface area (Å²) in [4.78, 5) is 30.0. The average molecular weight is 533 g/mol. The molecule has 40 heavy (non-hydrogen) atoms. The lowest BCUT2D eigenvalue weighted by atomic mass is 9.87. The molecule has 4 rings (SSSR count). The molecule has 0 aliphatic heterocycles. The van der Waals surface area contributed by atoms with Gasteiger partial charge in [-0.05, 0) is 40.7 Å². The molecule has 0 heterocycles. The quantitative estimate of drug-likeness (QED) is 0.215. The largest absolute Gasteiger partial charge is 0.354 e. The Labute approximate surface area is 239 Å². The van der Waals surface area contributed by atoms with Crippen molar-refractivity contribution < 1.29 is 9.59 Å². The first kappa shape index (κ1) is 28.8. The monoisotopic (exact) mass is 532 g/mol. The highest BCUT2D eigenvalue weighted by molar-refractivity contribution is 5.88. The molecule has 0 aliphatic carbocycles. The fourth-order valence-corrected chi connectivity index (χ4v) is 5.04. The van der Waals surface area contributed by atoms with Gasteiger partial charge in [-0.2, -0.15) is 0 Å². The standard InChI is InChI=1S/C36H40N2O2/c1-27(2)25-37-36(40)34(23-29-16-7-4-8-17-29)38(26-32-22-14-13-15-28(32)3)35(39)24-33(30-18-9-5-10-19-30)31-20-11-6-12-21-31/h4-22,27,33-34H,23-26H2,1-3H3,(H,37,40). The number of amides is 2. The highest BCUT2D eigenvalue weighted by atomic mass is 16.2. The van der Waals surface area contributed by atoms with E-state index in [0.717, 1.165) is 27.8 Å². The minimum atomic E-state index is -0.638. The van der Waals surface area contributed by atoms with Gasteiger partial charge < -0.3 is 10.2 Å². The molecule has 1 atom stereocenters. The van der Waals surface area contributed by atoms with Crippen molar-refractivity contribution in [2.45, 2.75) is 52.1 Å². The summed E-state index contributed by atoms with van der Waals surface area (Å²) in [6.07, 6.45) is 0.715. The molecule has 0 bridgehead atoms. The van der Waals surface area contributed by atoms with E-state index in [2.05, 4.69) is 56.4 Å². The van der Waals surface area contributed by atoms with Gasteiger partial charge in [0.1, 0.15) is 6.04 Å². The molecule has 0 radical (unpaired) electrons. The Kier molecular flexibility index (Phi) is 10.3. The lowest BCUT2D eigenvalue weighted by molar-refractivity contribution is -0.141. The molecule has 1 N–H and O–H groups in total. The fraction of sp³-hybridized carbons (Fsp3) is 0.278. The second-order valence-electron chi connectivity index (χ2n) is 10.9. The summed E-state index contributed by atoms with van der Waals surface area (Å²) >= 11 is 0. The van der Waals surface area contributed by atoms with Crippen LogP contribution in [0.15, 0.2) is 115 Å². The van der Waals surface area contributed by atoms with Gasteiger partial charge in [0, 0.05) is 31.8 Å². The molecule has 4 heteroatoms. The molecule has 2 amide bonds. The molecule has 4 aromatic carbocycles. The number of hydrogen-bond donors (Lipinski definition) is 1. The molecular weight excluding hydrogens is 492 g/mol. The van der Waals surface area contributed by atoms with Gasteiger partial charge in [-0.15, -0.1) is 0 Å². The van der Waals surface area contributed by atoms with Gasteiger partial charge in [-0.25, -0.2) is 0 Å². The van der Waals surface area contributed by atoms with Gasteiger partial charge in [-0.1, -0.05) is 129 Å². The van der Waals surface area contributed by atoms with E-state index in [1.54, 1.807) is 0 Å². The molecule has 1 unspecified atom stereocenters. The second kappa shape index (κ2) is 14.3. The number of carbonyl (C=O) groups is 2. The maximum absolute atomic E-state index is 14.4. The summed E-state index contributed by atoms with van der Waals surface area (Å²) in [5, 5.41) is 3.12. The number of hydrogen-bond acceptors (Lipinski definition) is 2. The fourth-order valence-electron chi connectivity index (χ4n) is 5.04. The third kappa shape index (κ3) is 7.92. The average Bonchev–Trinajstić information content (AvgIpc) is 2.98. The maximum atomic E-state index is 14.4. The van der Waals surface area contributed by atoms with Gasteiger partial charge in [0.15, 0.2) is 0 Å². The Morgan fingerprint density at radius 1 is 0.725 bits per heavy atom. The van der Waals surface area contributed by atoms with E-state index in [0.29, 0.717) is 25.4 Å². The number of aryl methyl sites for hydroxylation is 1. The van der Waals surface area contributed by atoms with Crippen LogP contribution in [0.2, 0.25) is 0 Å². The zero-order valence-corrected chi connectivity index (χ0v) is 23.8. The van der Waals surface area contributed by atoms with Gasteiger partial charge in [0.25, 0.3) is 0 Å². The summed E-state index contributed by atoms with van der Waals surface area (Å²) < 4.78 is 0. The van der Waals surface area contributed by atoms with E-state index in [1.165, 1.54) is 0 Å². The molecule has 0 saturated carbocycles. The Balaban J connectivity index is 1.73. The molecular formula is C36H40N2O2. The van der Waals surface area contributed by atoms with Crippen molar-refractivity contribution in [3.8, 4) is 0 Å². The van der Waals surface area contributed by atoms with Crippen molar-refractivity contribution in [2.24, 2.45) is 5.92 Å². The van der Waals surface area contributed by atoms with Crippen LogP contribution in [0.5, 0.6) is 0 Å². The van der Waals surface area contributed by atoms with Crippen LogP contribution in [0.25, 0.3) is 0 Å². The first-order valence-corrected chi connectivity index (χ1v) is 14.2. The van der Waals surface area contributed by atoms with Crippen LogP contribution in [-0.2, 0) is 22.6 Å². The van der Waals surface area contributed by atoms with Crippen LogP contribution in [0.4, 0.5) is 0 Å². The molecule has 4 aromatic rings. The zero-order chi connectivity index (χ0) is 28.3. The van der Waals surface area contributed by atoms with Crippen molar-refractivity contribution in [3.63, 3.8) is 0 Å². The molecule has 0 aromatic heterocycles. The Morgan fingerprint density at radius 3 is 1.80 bits per heavy atom. The van der Waals surface area contributed by atoms with Crippen molar-refractivity contribution in [1.29, 1.82) is 0 Å². The highest BCUT2D eigenvalue weighted by Gasteiger charge is 2.32. The van der Waals surface area contributed by atoms with E-state index in [4.69, 9.17) is 0 Å². The summed E-state index contributed by atoms with van der Waals surface area (Å²) in [6, 6.07) is 37.8. The summed E-state index contributed by atoms with van der Waals surface area (Å²) in [5.74, 6) is 0.0322. The zero-order valence-electron chi connectivity index (χ0n) is 23.8. The van der Waals surface area contributed by atoms with Crippen molar-refractivity contribution in [3.05, 3.63) is 143 Å². The first-order valence-electron chi connectivity index (χ1n) is 14.2. The predicted molar refractivity (Wildman–Crippen MR) is 163 cm³/mol. The van der Waals surface area contributed by atoms with E-state index >= 15 is 0 Å². The molecule has 0 spiro atoms. The topological polar surface area (TPSA) is 49.4 Å². The number of nitrogens with one attached hydrogen (secondary N) is 1. The third-order valence-corrected chi connectivity index (χ3v) is 7.34. The molecule has 0 aliphatic rings. The second-order valence-corrected chi connectivity index (χ2v) is 10.9. The summed E-state index contributed by atoms with van der Waals surface area (Å²) in [7, 11) is 0. The maximum Gasteiger partial charge on any atom is 0.243 e. The van der Waals surface area contributed by atoms with E-state index in [9.17, 15) is 9.59 Å².